The van der Waals surface area contributed by atoms with Crippen LogP contribution in [0.1, 0.15) is 20.7 Å². The Morgan fingerprint density at radius 2 is 1.71 bits per heavy atom. The number of anilines is 1. The number of amides is 1. The van der Waals surface area contributed by atoms with E-state index in [0.717, 1.165) is 16.3 Å². The maximum Gasteiger partial charge on any atom is 0.339 e. The zero-order chi connectivity index (χ0) is 19.5. The van der Waals surface area contributed by atoms with Gasteiger partial charge < -0.3 is 14.5 Å². The molecular weight excluding hydrogens is 356 g/mol. The smallest absolute Gasteiger partial charge is 0.339 e. The lowest BCUT2D eigenvalue weighted by molar-refractivity contribution is 0.0602. The summed E-state index contributed by atoms with van der Waals surface area (Å²) in [6.45, 7) is 0. The molecule has 0 aliphatic carbocycles. The van der Waals surface area contributed by atoms with Crippen LogP contribution in [0.25, 0.3) is 22.1 Å². The quantitative estimate of drug-likeness (QED) is 0.532. The summed E-state index contributed by atoms with van der Waals surface area (Å²) in [6.07, 6.45) is 2.96. The summed E-state index contributed by atoms with van der Waals surface area (Å²) in [5.74, 6) is -0.222. The first-order valence-electron chi connectivity index (χ1n) is 8.57. The van der Waals surface area contributed by atoms with Crippen LogP contribution in [0.2, 0.25) is 0 Å². The maximum absolute atomic E-state index is 12.7. The Labute approximate surface area is 160 Å². The number of carbonyl (C=O) groups excluding carboxylic acids is 2. The highest BCUT2D eigenvalue weighted by Crippen LogP contribution is 2.26. The molecule has 28 heavy (non-hydrogen) atoms. The fraction of sp³-hybridized carbons (Fsp3) is 0.0455. The fourth-order valence-electron chi connectivity index (χ4n) is 2.96. The number of oxazole rings is 1. The van der Waals surface area contributed by atoms with Gasteiger partial charge in [-0.05, 0) is 35.0 Å². The van der Waals surface area contributed by atoms with Crippen LogP contribution in [-0.2, 0) is 4.74 Å². The Hall–Kier alpha value is -3.93. The van der Waals surface area contributed by atoms with Gasteiger partial charge in [-0.15, -0.1) is 0 Å². The Morgan fingerprint density at radius 1 is 1.00 bits per heavy atom. The van der Waals surface area contributed by atoms with Crippen molar-refractivity contribution < 1.29 is 18.7 Å². The average molecular weight is 372 g/mol. The van der Waals surface area contributed by atoms with Crippen LogP contribution in [0.4, 0.5) is 5.69 Å². The van der Waals surface area contributed by atoms with Crippen molar-refractivity contribution in [3.63, 3.8) is 0 Å². The van der Waals surface area contributed by atoms with Crippen LogP contribution in [0.5, 0.6) is 0 Å². The fourth-order valence-corrected chi connectivity index (χ4v) is 2.96. The van der Waals surface area contributed by atoms with Crippen molar-refractivity contribution in [3.05, 3.63) is 84.4 Å². The second-order valence-electron chi connectivity index (χ2n) is 6.13. The van der Waals surface area contributed by atoms with Gasteiger partial charge in [-0.3, -0.25) is 4.79 Å². The number of nitrogens with zero attached hydrogens (tertiary/aromatic N) is 1. The van der Waals surface area contributed by atoms with E-state index in [4.69, 9.17) is 9.15 Å². The molecule has 0 aliphatic heterocycles. The number of rotatable bonds is 4. The summed E-state index contributed by atoms with van der Waals surface area (Å²) in [5, 5.41) is 4.61. The molecule has 0 unspecified atom stereocenters. The van der Waals surface area contributed by atoms with Crippen LogP contribution in [0.15, 0.2) is 77.7 Å². The molecule has 6 nitrogen and oxygen atoms in total. The number of hydrogen-bond donors (Lipinski definition) is 1. The zero-order valence-electron chi connectivity index (χ0n) is 15.0. The number of methoxy groups -OCH3 is 1. The minimum atomic E-state index is -0.512. The molecule has 1 aromatic heterocycles. The Morgan fingerprint density at radius 3 is 2.36 bits per heavy atom. The molecule has 6 heteroatoms. The van der Waals surface area contributed by atoms with E-state index in [2.05, 4.69) is 10.3 Å². The van der Waals surface area contributed by atoms with Crippen molar-refractivity contribution in [3.8, 4) is 11.3 Å². The summed E-state index contributed by atoms with van der Waals surface area (Å²) in [4.78, 5) is 28.8. The van der Waals surface area contributed by atoms with Crippen molar-refractivity contribution in [1.82, 2.24) is 4.98 Å². The van der Waals surface area contributed by atoms with Gasteiger partial charge in [-0.2, -0.15) is 0 Å². The summed E-state index contributed by atoms with van der Waals surface area (Å²) in [6, 6.07) is 18.0. The van der Waals surface area contributed by atoms with Gasteiger partial charge >= 0.3 is 5.97 Å². The molecule has 1 heterocycles. The van der Waals surface area contributed by atoms with E-state index in [1.807, 2.05) is 24.3 Å². The highest BCUT2D eigenvalue weighted by molar-refractivity contribution is 6.10. The van der Waals surface area contributed by atoms with Gasteiger partial charge in [-0.25, -0.2) is 9.78 Å². The SMILES string of the molecule is COC(=O)c1cc2ccccc2cc1NC(=O)c1ccc(-c2cnco2)cc1. The number of hydrogen-bond acceptors (Lipinski definition) is 5. The molecule has 0 radical (unpaired) electrons. The van der Waals surface area contributed by atoms with Crippen molar-refractivity contribution in [1.29, 1.82) is 0 Å². The van der Waals surface area contributed by atoms with E-state index in [1.54, 1.807) is 42.6 Å². The molecule has 138 valence electrons. The monoisotopic (exact) mass is 372 g/mol. The highest BCUT2D eigenvalue weighted by atomic mass is 16.5. The van der Waals surface area contributed by atoms with Crippen molar-refractivity contribution in [2.45, 2.75) is 0 Å². The Kier molecular flexibility index (Phi) is 4.60. The van der Waals surface area contributed by atoms with Crippen LogP contribution in [0.3, 0.4) is 0 Å². The number of esters is 1. The molecular formula is C22H16N2O4. The molecule has 1 amide bonds. The Balaban J connectivity index is 1.65. The molecule has 0 fully saturated rings. The van der Waals surface area contributed by atoms with Gasteiger partial charge in [0.25, 0.3) is 5.91 Å². The first-order valence-corrected chi connectivity index (χ1v) is 8.57. The van der Waals surface area contributed by atoms with Gasteiger partial charge in [0.1, 0.15) is 0 Å². The lowest BCUT2D eigenvalue weighted by atomic mass is 10.0. The third kappa shape index (κ3) is 3.35. The molecule has 0 spiro atoms. The summed E-state index contributed by atoms with van der Waals surface area (Å²) < 4.78 is 10.1. The van der Waals surface area contributed by atoms with E-state index in [9.17, 15) is 9.59 Å². The molecule has 0 atom stereocenters. The molecule has 3 aromatic carbocycles. The number of nitrogens with one attached hydrogen (secondary N) is 1. The van der Waals surface area contributed by atoms with E-state index in [-0.39, 0.29) is 5.91 Å². The van der Waals surface area contributed by atoms with E-state index < -0.39 is 5.97 Å². The number of fused-ring (bicyclic) bond motifs is 1. The minimum absolute atomic E-state index is 0.299. The van der Waals surface area contributed by atoms with Gasteiger partial charge in [0.15, 0.2) is 12.2 Å². The summed E-state index contributed by atoms with van der Waals surface area (Å²) in [7, 11) is 1.31. The molecule has 0 aliphatic rings. The Bertz CT molecular complexity index is 1150. The molecule has 0 bridgehead atoms. The first-order chi connectivity index (χ1) is 13.7. The number of aromatic nitrogens is 1. The second kappa shape index (κ2) is 7.36. The molecule has 1 N–H and O–H groups in total. The highest BCUT2D eigenvalue weighted by Gasteiger charge is 2.16. The third-order valence-electron chi connectivity index (χ3n) is 4.40. The predicted octanol–water partition coefficient (Wildman–Crippen LogP) is 4.53. The standard InChI is InChI=1S/C22H16N2O4/c1-27-22(26)18-10-16-4-2-3-5-17(16)11-19(18)24-21(25)15-8-6-14(7-9-15)20-12-23-13-28-20/h2-13H,1H3,(H,24,25). The third-order valence-corrected chi connectivity index (χ3v) is 4.40. The van der Waals surface area contributed by atoms with Crippen LogP contribution < -0.4 is 5.32 Å². The largest absolute Gasteiger partial charge is 0.465 e. The van der Waals surface area contributed by atoms with Gasteiger partial charge in [0.2, 0.25) is 0 Å². The minimum Gasteiger partial charge on any atom is -0.465 e. The zero-order valence-corrected chi connectivity index (χ0v) is 15.0. The number of carbonyl (C=O) groups is 2. The molecule has 0 saturated heterocycles. The van der Waals surface area contributed by atoms with Crippen molar-refractivity contribution in [2.75, 3.05) is 12.4 Å². The topological polar surface area (TPSA) is 81.4 Å². The average Bonchev–Trinajstić information content (AvgIpc) is 3.27. The summed E-state index contributed by atoms with van der Waals surface area (Å²) in [5.41, 5.74) is 1.96. The van der Waals surface area contributed by atoms with Crippen LogP contribution in [-0.4, -0.2) is 24.0 Å². The van der Waals surface area contributed by atoms with Crippen LogP contribution in [0, 0.1) is 0 Å². The van der Waals surface area contributed by atoms with E-state index in [0.29, 0.717) is 22.6 Å². The molecule has 4 rings (SSSR count). The van der Waals surface area contributed by atoms with Crippen LogP contribution >= 0.6 is 0 Å². The van der Waals surface area contributed by atoms with Crippen molar-refractivity contribution in [2.24, 2.45) is 0 Å². The lowest BCUT2D eigenvalue weighted by Gasteiger charge is -2.12. The summed E-state index contributed by atoms with van der Waals surface area (Å²) >= 11 is 0. The molecule has 4 aromatic rings. The molecule has 0 saturated carbocycles. The second-order valence-corrected chi connectivity index (χ2v) is 6.13. The van der Waals surface area contributed by atoms with Gasteiger partial charge in [0, 0.05) is 11.1 Å². The van der Waals surface area contributed by atoms with Crippen molar-refractivity contribution >= 4 is 28.3 Å². The normalized spacial score (nSPS) is 10.6. The van der Waals surface area contributed by atoms with E-state index in [1.165, 1.54) is 13.5 Å². The van der Waals surface area contributed by atoms with Gasteiger partial charge in [-0.1, -0.05) is 36.4 Å². The number of benzene rings is 3. The first kappa shape index (κ1) is 17.5. The van der Waals surface area contributed by atoms with E-state index >= 15 is 0 Å². The lowest BCUT2D eigenvalue weighted by Crippen LogP contribution is -2.15. The number of ether oxygens (including phenoxy) is 1. The maximum atomic E-state index is 12.7. The predicted molar refractivity (Wildman–Crippen MR) is 105 cm³/mol. The van der Waals surface area contributed by atoms with Gasteiger partial charge in [0.05, 0.1) is 24.6 Å².